The lowest BCUT2D eigenvalue weighted by atomic mass is 10.3. The maximum atomic E-state index is 2.39. The molecule has 0 N–H and O–H groups in total. The summed E-state index contributed by atoms with van der Waals surface area (Å²) in [7, 11) is 0.810. The summed E-state index contributed by atoms with van der Waals surface area (Å²) in [6.07, 6.45) is 6.88. The van der Waals surface area contributed by atoms with E-state index in [-0.39, 0.29) is 24.0 Å². The zero-order valence-corrected chi connectivity index (χ0v) is 8.30. The molecule has 50 valence electrons. The Morgan fingerprint density at radius 1 is 1.00 bits per heavy atom. The average molecular weight is 244 g/mol. The third-order valence-electron chi connectivity index (χ3n) is 1.49. The van der Waals surface area contributed by atoms with Crippen molar-refractivity contribution in [2.45, 2.75) is 19.3 Å². The van der Waals surface area contributed by atoms with E-state index in [0.717, 1.165) is 10.9 Å². The molecule has 1 heterocycles. The zero-order valence-electron chi connectivity index (χ0n) is 5.32. The van der Waals surface area contributed by atoms with Crippen LogP contribution in [0.4, 0.5) is 0 Å². The molecule has 0 aromatic carbocycles. The minimum atomic E-state index is 0. The van der Waals surface area contributed by atoms with Crippen molar-refractivity contribution in [3.05, 3.63) is 0 Å². The molecule has 0 spiro atoms. The van der Waals surface area contributed by atoms with E-state index < -0.39 is 0 Å². The van der Waals surface area contributed by atoms with Gasteiger partial charge < -0.3 is 24.0 Å². The SMILES string of the molecule is C[S+]1CCCCC1.[I-]. The summed E-state index contributed by atoms with van der Waals surface area (Å²) in [5.74, 6) is 3.03. The molecule has 1 rings (SSSR count). The van der Waals surface area contributed by atoms with Crippen molar-refractivity contribution in [3.8, 4) is 0 Å². The van der Waals surface area contributed by atoms with Crippen molar-refractivity contribution in [1.29, 1.82) is 0 Å². The molecule has 0 aromatic rings. The molecule has 1 aliphatic rings. The average Bonchev–Trinajstić information content (AvgIpc) is 1.69. The molecule has 0 radical (unpaired) electrons. The van der Waals surface area contributed by atoms with Gasteiger partial charge in [0.25, 0.3) is 0 Å². The molecule has 0 bridgehead atoms. The van der Waals surface area contributed by atoms with Crippen LogP contribution in [0.2, 0.25) is 0 Å². The van der Waals surface area contributed by atoms with Crippen molar-refractivity contribution in [3.63, 3.8) is 0 Å². The fourth-order valence-corrected chi connectivity index (χ4v) is 2.57. The van der Waals surface area contributed by atoms with Crippen LogP contribution in [-0.4, -0.2) is 17.8 Å². The summed E-state index contributed by atoms with van der Waals surface area (Å²) in [5, 5.41) is 0. The first-order valence-corrected chi connectivity index (χ1v) is 4.96. The number of halogens is 1. The summed E-state index contributed by atoms with van der Waals surface area (Å²) >= 11 is 0. The second-order valence-electron chi connectivity index (χ2n) is 2.25. The first-order chi connectivity index (χ1) is 3.39. The monoisotopic (exact) mass is 244 g/mol. The molecule has 1 saturated heterocycles. The van der Waals surface area contributed by atoms with Gasteiger partial charge in [0, 0.05) is 0 Å². The highest BCUT2D eigenvalue weighted by molar-refractivity contribution is 7.96. The number of hydrogen-bond donors (Lipinski definition) is 0. The first-order valence-electron chi connectivity index (χ1n) is 2.99. The van der Waals surface area contributed by atoms with Gasteiger partial charge in [-0.3, -0.25) is 0 Å². The van der Waals surface area contributed by atoms with Gasteiger partial charge in [0.2, 0.25) is 0 Å². The van der Waals surface area contributed by atoms with Gasteiger partial charge in [-0.15, -0.1) is 0 Å². The Hall–Kier alpha value is 1.08. The Labute approximate surface area is 71.8 Å². The third kappa shape index (κ3) is 3.17. The molecule has 0 saturated carbocycles. The highest BCUT2D eigenvalue weighted by Gasteiger charge is 2.14. The highest BCUT2D eigenvalue weighted by Crippen LogP contribution is 2.09. The van der Waals surface area contributed by atoms with Crippen LogP contribution in [0.1, 0.15) is 19.3 Å². The number of rotatable bonds is 0. The normalized spacial score (nSPS) is 22.1. The molecule has 1 fully saturated rings. The minimum absolute atomic E-state index is 0. The second kappa shape index (κ2) is 4.91. The summed E-state index contributed by atoms with van der Waals surface area (Å²) in [4.78, 5) is 0. The molecule has 0 aromatic heterocycles. The largest absolute Gasteiger partial charge is 1.00 e. The zero-order chi connectivity index (χ0) is 5.11. The van der Waals surface area contributed by atoms with E-state index in [4.69, 9.17) is 0 Å². The quantitative estimate of drug-likeness (QED) is 0.356. The predicted molar refractivity (Wildman–Crippen MR) is 36.9 cm³/mol. The first kappa shape index (κ1) is 9.08. The summed E-state index contributed by atoms with van der Waals surface area (Å²) in [6.45, 7) is 0. The topological polar surface area (TPSA) is 0 Å². The lowest BCUT2D eigenvalue weighted by Gasteiger charge is -2.07. The number of hydrogen-bond acceptors (Lipinski definition) is 0. The molecular formula is C6H13IS. The lowest BCUT2D eigenvalue weighted by Crippen LogP contribution is -3.00. The van der Waals surface area contributed by atoms with Crippen LogP contribution >= 0.6 is 0 Å². The molecule has 0 atom stereocenters. The van der Waals surface area contributed by atoms with Crippen molar-refractivity contribution < 1.29 is 24.0 Å². The van der Waals surface area contributed by atoms with Crippen LogP contribution in [0.5, 0.6) is 0 Å². The molecule has 8 heavy (non-hydrogen) atoms. The van der Waals surface area contributed by atoms with E-state index in [1.165, 1.54) is 30.8 Å². The van der Waals surface area contributed by atoms with E-state index in [1.54, 1.807) is 0 Å². The molecule has 0 nitrogen and oxygen atoms in total. The fraction of sp³-hybridized carbons (Fsp3) is 1.00. The van der Waals surface area contributed by atoms with Crippen LogP contribution in [-0.2, 0) is 10.9 Å². The Kier molecular flexibility index (Phi) is 5.58. The van der Waals surface area contributed by atoms with Gasteiger partial charge in [-0.25, -0.2) is 0 Å². The van der Waals surface area contributed by atoms with Gasteiger partial charge in [0.1, 0.15) is 11.5 Å². The standard InChI is InChI=1S/C6H13S.HI/c1-7-5-3-2-4-6-7;/h2-6H2,1H3;1H/q+1;/p-1. The van der Waals surface area contributed by atoms with Crippen molar-refractivity contribution in [2.75, 3.05) is 17.8 Å². The van der Waals surface area contributed by atoms with Gasteiger partial charge in [-0.2, -0.15) is 0 Å². The van der Waals surface area contributed by atoms with E-state index in [2.05, 4.69) is 6.26 Å². The molecule has 1 aliphatic heterocycles. The van der Waals surface area contributed by atoms with E-state index in [1.807, 2.05) is 0 Å². The van der Waals surface area contributed by atoms with Crippen LogP contribution in [0.3, 0.4) is 0 Å². The molecule has 0 aliphatic carbocycles. The molecule has 0 unspecified atom stereocenters. The van der Waals surface area contributed by atoms with E-state index in [0.29, 0.717) is 0 Å². The smallest absolute Gasteiger partial charge is 0.107 e. The molecule has 2 heteroatoms. The van der Waals surface area contributed by atoms with Gasteiger partial charge in [-0.05, 0) is 30.2 Å². The van der Waals surface area contributed by atoms with Gasteiger partial charge >= 0.3 is 0 Å². The predicted octanol–water partition coefficient (Wildman–Crippen LogP) is -1.58. The van der Waals surface area contributed by atoms with Gasteiger partial charge in [0.15, 0.2) is 0 Å². The van der Waals surface area contributed by atoms with Gasteiger partial charge in [0.05, 0.1) is 6.26 Å². The maximum Gasteiger partial charge on any atom is 0.107 e. The van der Waals surface area contributed by atoms with E-state index in [9.17, 15) is 0 Å². The second-order valence-corrected chi connectivity index (χ2v) is 4.63. The lowest BCUT2D eigenvalue weighted by molar-refractivity contribution is -0.00000157. The third-order valence-corrected chi connectivity index (χ3v) is 3.46. The Bertz CT molecular complexity index is 50.5. The molecular weight excluding hydrogens is 231 g/mol. The van der Waals surface area contributed by atoms with E-state index >= 15 is 0 Å². The Morgan fingerprint density at radius 3 is 1.75 bits per heavy atom. The summed E-state index contributed by atoms with van der Waals surface area (Å²) in [5.41, 5.74) is 0. The summed E-state index contributed by atoms with van der Waals surface area (Å²) < 4.78 is 0. The minimum Gasteiger partial charge on any atom is -1.00 e. The van der Waals surface area contributed by atoms with Gasteiger partial charge in [-0.1, -0.05) is 0 Å². The Balaban J connectivity index is 0.000000490. The summed E-state index contributed by atoms with van der Waals surface area (Å²) in [6, 6.07) is 0. The van der Waals surface area contributed by atoms with Crippen molar-refractivity contribution in [1.82, 2.24) is 0 Å². The van der Waals surface area contributed by atoms with Crippen molar-refractivity contribution >= 4 is 10.9 Å². The van der Waals surface area contributed by atoms with Crippen LogP contribution in [0, 0.1) is 0 Å². The maximum absolute atomic E-state index is 2.39. The van der Waals surface area contributed by atoms with Crippen LogP contribution in [0.25, 0.3) is 0 Å². The van der Waals surface area contributed by atoms with Crippen LogP contribution in [0.15, 0.2) is 0 Å². The fourth-order valence-electron chi connectivity index (χ4n) is 0.976. The molecule has 0 amide bonds. The highest BCUT2D eigenvalue weighted by atomic mass is 127. The van der Waals surface area contributed by atoms with Crippen LogP contribution < -0.4 is 24.0 Å². The van der Waals surface area contributed by atoms with Crippen molar-refractivity contribution in [2.24, 2.45) is 0 Å². The Morgan fingerprint density at radius 2 is 1.50 bits per heavy atom.